The molecule has 0 fully saturated rings. The molecular formula is C19H16F3N3O2. The minimum absolute atomic E-state index is 0.110. The number of carbonyl (C=O) groups is 2. The van der Waals surface area contributed by atoms with Crippen LogP contribution in [0, 0.1) is 11.3 Å². The van der Waals surface area contributed by atoms with Crippen molar-refractivity contribution in [2.75, 3.05) is 18.4 Å². The molecule has 0 saturated carbocycles. The highest BCUT2D eigenvalue weighted by molar-refractivity contribution is 5.99. The average Bonchev–Trinajstić information content (AvgIpc) is 2.64. The van der Waals surface area contributed by atoms with Crippen LogP contribution in [0.25, 0.3) is 0 Å². The third-order valence-electron chi connectivity index (χ3n) is 3.73. The monoisotopic (exact) mass is 375 g/mol. The number of alkyl halides is 3. The van der Waals surface area contributed by atoms with Crippen LogP contribution in [0.4, 0.5) is 18.9 Å². The van der Waals surface area contributed by atoms with Gasteiger partial charge in [0.25, 0.3) is 5.91 Å². The number of benzene rings is 2. The topological polar surface area (TPSA) is 82.0 Å². The molecule has 2 aromatic carbocycles. The Balaban J connectivity index is 1.93. The molecule has 0 aliphatic carbocycles. The second-order valence-electron chi connectivity index (χ2n) is 5.69. The van der Waals surface area contributed by atoms with Gasteiger partial charge in [0, 0.05) is 29.9 Å². The molecule has 8 heteroatoms. The van der Waals surface area contributed by atoms with Gasteiger partial charge in [-0.2, -0.15) is 18.4 Å². The van der Waals surface area contributed by atoms with Crippen molar-refractivity contribution in [3.05, 3.63) is 64.7 Å². The summed E-state index contributed by atoms with van der Waals surface area (Å²) >= 11 is 0. The molecule has 0 atom stereocenters. The van der Waals surface area contributed by atoms with Crippen LogP contribution in [0.15, 0.2) is 42.5 Å². The van der Waals surface area contributed by atoms with E-state index in [1.54, 1.807) is 6.07 Å². The molecule has 2 aromatic rings. The average molecular weight is 375 g/mol. The minimum atomic E-state index is -4.45. The Kier molecular flexibility index (Phi) is 6.19. The van der Waals surface area contributed by atoms with Crippen LogP contribution in [-0.4, -0.2) is 24.8 Å². The molecule has 2 rings (SSSR count). The summed E-state index contributed by atoms with van der Waals surface area (Å²) in [6.45, 7) is 1.84. The van der Waals surface area contributed by atoms with E-state index in [4.69, 9.17) is 5.26 Å². The van der Waals surface area contributed by atoms with E-state index in [-0.39, 0.29) is 24.4 Å². The van der Waals surface area contributed by atoms with Crippen LogP contribution in [0.3, 0.4) is 0 Å². The van der Waals surface area contributed by atoms with E-state index in [0.717, 1.165) is 24.3 Å². The van der Waals surface area contributed by atoms with Gasteiger partial charge in [-0.3, -0.25) is 9.59 Å². The summed E-state index contributed by atoms with van der Waals surface area (Å²) < 4.78 is 37.6. The molecule has 27 heavy (non-hydrogen) atoms. The van der Waals surface area contributed by atoms with E-state index in [0.29, 0.717) is 16.8 Å². The number of hydrogen-bond donors (Lipinski definition) is 2. The molecule has 0 unspecified atom stereocenters. The van der Waals surface area contributed by atoms with E-state index in [9.17, 15) is 22.8 Å². The summed E-state index contributed by atoms with van der Waals surface area (Å²) in [5.41, 5.74) is 0.568. The number of hydrogen-bond acceptors (Lipinski definition) is 4. The van der Waals surface area contributed by atoms with E-state index >= 15 is 0 Å². The molecular weight excluding hydrogens is 359 g/mol. The first-order valence-corrected chi connectivity index (χ1v) is 7.97. The molecule has 1 amide bonds. The number of rotatable bonds is 6. The van der Waals surface area contributed by atoms with Gasteiger partial charge in [-0.1, -0.05) is 0 Å². The second-order valence-corrected chi connectivity index (χ2v) is 5.69. The first-order chi connectivity index (χ1) is 12.7. The fourth-order valence-corrected chi connectivity index (χ4v) is 2.35. The molecule has 0 aliphatic heterocycles. The predicted molar refractivity (Wildman–Crippen MR) is 93.4 cm³/mol. The molecule has 0 radical (unpaired) electrons. The lowest BCUT2D eigenvalue weighted by Crippen LogP contribution is -2.29. The van der Waals surface area contributed by atoms with Crippen LogP contribution in [0.5, 0.6) is 0 Å². The van der Waals surface area contributed by atoms with E-state index in [1.165, 1.54) is 19.1 Å². The van der Waals surface area contributed by atoms with Crippen molar-refractivity contribution in [1.82, 2.24) is 5.32 Å². The predicted octanol–water partition coefficient (Wildman–Crippen LogP) is 3.62. The van der Waals surface area contributed by atoms with Gasteiger partial charge in [-0.25, -0.2) is 0 Å². The summed E-state index contributed by atoms with van der Waals surface area (Å²) in [5, 5.41) is 14.5. The zero-order chi connectivity index (χ0) is 20.0. The molecule has 0 aliphatic rings. The standard InChI is InChI=1S/C19H16F3N3O2/c1-12(26)16-7-2-13(11-23)10-17(16)24-8-9-25-18(27)14-3-5-15(6-4-14)19(20,21)22/h2-7,10,24H,8-9H2,1H3,(H,25,27). The zero-order valence-corrected chi connectivity index (χ0v) is 14.4. The molecule has 0 heterocycles. The second kappa shape index (κ2) is 8.36. The number of nitrogens with one attached hydrogen (secondary N) is 2. The van der Waals surface area contributed by atoms with Gasteiger partial charge in [0.2, 0.25) is 0 Å². The lowest BCUT2D eigenvalue weighted by atomic mass is 10.1. The van der Waals surface area contributed by atoms with Gasteiger partial charge in [-0.15, -0.1) is 0 Å². The van der Waals surface area contributed by atoms with Crippen molar-refractivity contribution in [3.8, 4) is 6.07 Å². The van der Waals surface area contributed by atoms with Gasteiger partial charge < -0.3 is 10.6 Å². The maximum Gasteiger partial charge on any atom is 0.416 e. The van der Waals surface area contributed by atoms with Crippen LogP contribution in [-0.2, 0) is 6.18 Å². The molecule has 0 saturated heterocycles. The number of nitriles is 1. The van der Waals surface area contributed by atoms with Crippen molar-refractivity contribution >= 4 is 17.4 Å². The van der Waals surface area contributed by atoms with Crippen molar-refractivity contribution in [2.45, 2.75) is 13.1 Å². The first kappa shape index (κ1) is 20.0. The third-order valence-corrected chi connectivity index (χ3v) is 3.73. The molecule has 2 N–H and O–H groups in total. The van der Waals surface area contributed by atoms with Crippen LogP contribution in [0.2, 0.25) is 0 Å². The molecule has 0 bridgehead atoms. The van der Waals surface area contributed by atoms with Gasteiger partial charge in [0.15, 0.2) is 5.78 Å². The van der Waals surface area contributed by atoms with Crippen LogP contribution in [0.1, 0.15) is 38.8 Å². The Morgan fingerprint density at radius 1 is 1.07 bits per heavy atom. The maximum atomic E-state index is 12.5. The fraction of sp³-hybridized carbons (Fsp3) is 0.211. The first-order valence-electron chi connectivity index (χ1n) is 7.97. The van der Waals surface area contributed by atoms with E-state index < -0.39 is 17.6 Å². The normalized spacial score (nSPS) is 10.8. The minimum Gasteiger partial charge on any atom is -0.383 e. The highest BCUT2D eigenvalue weighted by Gasteiger charge is 2.30. The summed E-state index contributed by atoms with van der Waals surface area (Å²) in [6, 6.07) is 10.5. The van der Waals surface area contributed by atoms with Crippen molar-refractivity contribution in [2.24, 2.45) is 0 Å². The SMILES string of the molecule is CC(=O)c1ccc(C#N)cc1NCCNC(=O)c1ccc(C(F)(F)F)cc1. The van der Waals surface area contributed by atoms with Crippen LogP contribution < -0.4 is 10.6 Å². The summed E-state index contributed by atoms with van der Waals surface area (Å²) in [4.78, 5) is 23.6. The van der Waals surface area contributed by atoms with Gasteiger partial charge in [0.05, 0.1) is 17.2 Å². The summed E-state index contributed by atoms with van der Waals surface area (Å²) in [6.07, 6.45) is -4.45. The maximum absolute atomic E-state index is 12.5. The quantitative estimate of drug-likeness (QED) is 0.597. The number of amides is 1. The molecule has 140 valence electrons. The van der Waals surface area contributed by atoms with Crippen molar-refractivity contribution < 1.29 is 22.8 Å². The largest absolute Gasteiger partial charge is 0.416 e. The van der Waals surface area contributed by atoms with Gasteiger partial charge >= 0.3 is 6.18 Å². The van der Waals surface area contributed by atoms with E-state index in [2.05, 4.69) is 10.6 Å². The Bertz CT molecular complexity index is 885. The number of Topliss-reactive ketones (excluding diaryl/α,β-unsaturated/α-hetero) is 1. The van der Waals surface area contributed by atoms with Crippen molar-refractivity contribution in [3.63, 3.8) is 0 Å². The Hall–Kier alpha value is -3.34. The number of anilines is 1. The smallest absolute Gasteiger partial charge is 0.383 e. The molecule has 0 spiro atoms. The number of carbonyl (C=O) groups excluding carboxylic acids is 2. The lowest BCUT2D eigenvalue weighted by Gasteiger charge is -2.12. The number of halogens is 3. The number of ketones is 1. The zero-order valence-electron chi connectivity index (χ0n) is 14.4. The number of nitrogens with zero attached hydrogens (tertiary/aromatic N) is 1. The molecule has 0 aromatic heterocycles. The highest BCUT2D eigenvalue weighted by atomic mass is 19.4. The summed E-state index contributed by atoms with van der Waals surface area (Å²) in [5.74, 6) is -0.682. The molecule has 5 nitrogen and oxygen atoms in total. The summed E-state index contributed by atoms with van der Waals surface area (Å²) in [7, 11) is 0. The van der Waals surface area contributed by atoms with Gasteiger partial charge in [0.1, 0.15) is 0 Å². The van der Waals surface area contributed by atoms with Gasteiger partial charge in [-0.05, 0) is 49.4 Å². The highest BCUT2D eigenvalue weighted by Crippen LogP contribution is 2.29. The lowest BCUT2D eigenvalue weighted by molar-refractivity contribution is -0.137. The van der Waals surface area contributed by atoms with Crippen molar-refractivity contribution in [1.29, 1.82) is 5.26 Å². The van der Waals surface area contributed by atoms with Crippen LogP contribution >= 0.6 is 0 Å². The third kappa shape index (κ3) is 5.31. The van der Waals surface area contributed by atoms with E-state index in [1.807, 2.05) is 6.07 Å². The Morgan fingerprint density at radius 3 is 2.30 bits per heavy atom. The fourth-order valence-electron chi connectivity index (χ4n) is 2.35. The Labute approximate surface area is 153 Å². The Morgan fingerprint density at radius 2 is 1.74 bits per heavy atom.